The first-order valence-corrected chi connectivity index (χ1v) is 4.50. The van der Waals surface area contributed by atoms with E-state index in [9.17, 15) is 4.79 Å². The van der Waals surface area contributed by atoms with Crippen LogP contribution in [0, 0.1) is 11.3 Å². The van der Waals surface area contributed by atoms with Crippen molar-refractivity contribution in [2.75, 3.05) is 7.11 Å². The lowest BCUT2D eigenvalue weighted by molar-refractivity contribution is -0.141. The minimum Gasteiger partial charge on any atom is -0.469 e. The Morgan fingerprint density at radius 3 is 2.50 bits per heavy atom. The highest BCUT2D eigenvalue weighted by molar-refractivity contribution is 5.85. The second-order valence-electron chi connectivity index (χ2n) is 3.12. The smallest absolute Gasteiger partial charge is 0.307 e. The van der Waals surface area contributed by atoms with Crippen LogP contribution >= 0.6 is 12.4 Å². The highest BCUT2D eigenvalue weighted by Gasteiger charge is 2.11. The lowest BCUT2D eigenvalue weighted by atomic mass is 10.0. The average molecular weight is 241 g/mol. The number of hydrogen-bond acceptors (Lipinski definition) is 4. The average Bonchev–Trinajstić information content (AvgIpc) is 2.29. The summed E-state index contributed by atoms with van der Waals surface area (Å²) in [6.07, 6.45) is 0.141. The topological polar surface area (TPSA) is 76.1 Å². The Labute approximate surface area is 100 Å². The van der Waals surface area contributed by atoms with Gasteiger partial charge in [0.15, 0.2) is 0 Å². The summed E-state index contributed by atoms with van der Waals surface area (Å²) in [5, 5.41) is 8.60. The third kappa shape index (κ3) is 3.89. The Balaban J connectivity index is 0.00000225. The summed E-state index contributed by atoms with van der Waals surface area (Å²) < 4.78 is 4.52. The number of halogens is 1. The Hall–Kier alpha value is -1.57. The predicted octanol–water partition coefficient (Wildman–Crippen LogP) is 1.54. The van der Waals surface area contributed by atoms with Gasteiger partial charge < -0.3 is 10.5 Å². The van der Waals surface area contributed by atoms with Gasteiger partial charge in [-0.2, -0.15) is 5.26 Å². The number of methoxy groups -OCH3 is 1. The number of nitriles is 1. The molecular weight excluding hydrogens is 228 g/mol. The second kappa shape index (κ2) is 6.83. The molecule has 0 aromatic heterocycles. The zero-order chi connectivity index (χ0) is 11.3. The number of carbonyl (C=O) groups excluding carboxylic acids is 1. The van der Waals surface area contributed by atoms with Crippen LogP contribution in [0.2, 0.25) is 0 Å². The standard InChI is InChI=1S/C11H12N2O2.ClH/c1-15-11(14)6-10(13)9-4-2-8(7-12)3-5-9;/h2-5,10H,6,13H2,1H3;1H/t10-;/m1./s1. The zero-order valence-electron chi connectivity index (χ0n) is 8.84. The maximum Gasteiger partial charge on any atom is 0.307 e. The molecule has 0 spiro atoms. The third-order valence-corrected chi connectivity index (χ3v) is 2.08. The monoisotopic (exact) mass is 240 g/mol. The molecule has 86 valence electrons. The van der Waals surface area contributed by atoms with Gasteiger partial charge in [-0.25, -0.2) is 0 Å². The molecule has 0 heterocycles. The molecule has 1 aromatic rings. The largest absolute Gasteiger partial charge is 0.469 e. The number of rotatable bonds is 3. The van der Waals surface area contributed by atoms with Gasteiger partial charge >= 0.3 is 5.97 Å². The van der Waals surface area contributed by atoms with Crippen molar-refractivity contribution in [1.29, 1.82) is 5.26 Å². The molecule has 4 nitrogen and oxygen atoms in total. The van der Waals surface area contributed by atoms with Crippen LogP contribution in [-0.4, -0.2) is 13.1 Å². The molecule has 0 unspecified atom stereocenters. The first-order chi connectivity index (χ1) is 7.17. The molecule has 1 atom stereocenters. The minimum atomic E-state index is -0.384. The summed E-state index contributed by atoms with van der Waals surface area (Å²) in [5.74, 6) is -0.341. The van der Waals surface area contributed by atoms with Gasteiger partial charge in [0, 0.05) is 6.04 Å². The Morgan fingerprint density at radius 1 is 1.50 bits per heavy atom. The van der Waals surface area contributed by atoms with Gasteiger partial charge in [-0.1, -0.05) is 12.1 Å². The van der Waals surface area contributed by atoms with E-state index in [0.717, 1.165) is 5.56 Å². The van der Waals surface area contributed by atoms with Crippen LogP contribution in [0.5, 0.6) is 0 Å². The van der Waals surface area contributed by atoms with Gasteiger partial charge in [-0.05, 0) is 17.7 Å². The molecule has 1 aromatic carbocycles. The molecular formula is C11H13ClN2O2. The summed E-state index contributed by atoms with van der Waals surface area (Å²) >= 11 is 0. The van der Waals surface area contributed by atoms with Crippen LogP contribution in [0.15, 0.2) is 24.3 Å². The lowest BCUT2D eigenvalue weighted by Crippen LogP contribution is -2.16. The van der Waals surface area contributed by atoms with Crippen molar-refractivity contribution in [1.82, 2.24) is 0 Å². The summed E-state index contributed by atoms with van der Waals surface area (Å²) in [5.41, 5.74) is 7.17. The van der Waals surface area contributed by atoms with Crippen LogP contribution in [0.3, 0.4) is 0 Å². The van der Waals surface area contributed by atoms with E-state index in [-0.39, 0.29) is 30.8 Å². The molecule has 16 heavy (non-hydrogen) atoms. The van der Waals surface area contributed by atoms with Crippen molar-refractivity contribution in [2.24, 2.45) is 5.73 Å². The van der Waals surface area contributed by atoms with Crippen molar-refractivity contribution >= 4 is 18.4 Å². The molecule has 0 aliphatic rings. The fourth-order valence-electron chi connectivity index (χ4n) is 1.19. The molecule has 0 amide bonds. The molecule has 0 aliphatic heterocycles. The van der Waals surface area contributed by atoms with Crippen molar-refractivity contribution in [2.45, 2.75) is 12.5 Å². The molecule has 5 heteroatoms. The van der Waals surface area contributed by atoms with E-state index in [1.54, 1.807) is 24.3 Å². The summed E-state index contributed by atoms with van der Waals surface area (Å²) in [4.78, 5) is 11.0. The van der Waals surface area contributed by atoms with Crippen LogP contribution < -0.4 is 5.73 Å². The van der Waals surface area contributed by atoms with Crippen molar-refractivity contribution in [3.05, 3.63) is 35.4 Å². The Morgan fingerprint density at radius 2 is 2.06 bits per heavy atom. The van der Waals surface area contributed by atoms with E-state index < -0.39 is 0 Å². The highest BCUT2D eigenvalue weighted by Crippen LogP contribution is 2.14. The highest BCUT2D eigenvalue weighted by atomic mass is 35.5. The molecule has 0 saturated carbocycles. The van der Waals surface area contributed by atoms with E-state index in [0.29, 0.717) is 5.56 Å². The Bertz CT molecular complexity index is 384. The molecule has 0 fully saturated rings. The molecule has 0 radical (unpaired) electrons. The van der Waals surface area contributed by atoms with Crippen LogP contribution in [-0.2, 0) is 9.53 Å². The lowest BCUT2D eigenvalue weighted by Gasteiger charge is -2.10. The Kier molecular flexibility index (Phi) is 6.16. The number of hydrogen-bond donors (Lipinski definition) is 1. The number of nitrogens with zero attached hydrogens (tertiary/aromatic N) is 1. The number of nitrogens with two attached hydrogens (primary N) is 1. The van der Waals surface area contributed by atoms with E-state index >= 15 is 0 Å². The van der Waals surface area contributed by atoms with E-state index in [1.807, 2.05) is 6.07 Å². The number of ether oxygens (including phenoxy) is 1. The fourth-order valence-corrected chi connectivity index (χ4v) is 1.19. The minimum absolute atomic E-state index is 0. The maximum atomic E-state index is 11.0. The van der Waals surface area contributed by atoms with Gasteiger partial charge in [0.05, 0.1) is 25.2 Å². The van der Waals surface area contributed by atoms with Crippen LogP contribution in [0.4, 0.5) is 0 Å². The van der Waals surface area contributed by atoms with E-state index in [1.165, 1.54) is 7.11 Å². The summed E-state index contributed by atoms with van der Waals surface area (Å²) in [6, 6.07) is 8.46. The van der Waals surface area contributed by atoms with Crippen LogP contribution in [0.1, 0.15) is 23.6 Å². The normalized spacial score (nSPS) is 10.8. The maximum absolute atomic E-state index is 11.0. The van der Waals surface area contributed by atoms with Gasteiger partial charge in [-0.15, -0.1) is 12.4 Å². The predicted molar refractivity (Wildman–Crippen MR) is 62.0 cm³/mol. The SMILES string of the molecule is COC(=O)C[C@@H](N)c1ccc(C#N)cc1.Cl. The van der Waals surface area contributed by atoms with Gasteiger partial charge in [0.2, 0.25) is 0 Å². The van der Waals surface area contributed by atoms with Crippen molar-refractivity contribution < 1.29 is 9.53 Å². The van der Waals surface area contributed by atoms with Gasteiger partial charge in [0.1, 0.15) is 0 Å². The molecule has 0 saturated heterocycles. The zero-order valence-corrected chi connectivity index (χ0v) is 9.66. The number of esters is 1. The molecule has 2 N–H and O–H groups in total. The second-order valence-corrected chi connectivity index (χ2v) is 3.12. The summed E-state index contributed by atoms with van der Waals surface area (Å²) in [6.45, 7) is 0. The van der Waals surface area contributed by atoms with E-state index in [2.05, 4.69) is 4.74 Å². The first kappa shape index (κ1) is 14.4. The van der Waals surface area contributed by atoms with Crippen molar-refractivity contribution in [3.8, 4) is 6.07 Å². The molecule has 0 aliphatic carbocycles. The quantitative estimate of drug-likeness (QED) is 0.814. The van der Waals surface area contributed by atoms with Crippen LogP contribution in [0.25, 0.3) is 0 Å². The first-order valence-electron chi connectivity index (χ1n) is 4.50. The summed E-state index contributed by atoms with van der Waals surface area (Å²) in [7, 11) is 1.33. The third-order valence-electron chi connectivity index (χ3n) is 2.08. The number of benzene rings is 1. The van der Waals surface area contributed by atoms with Crippen molar-refractivity contribution in [3.63, 3.8) is 0 Å². The van der Waals surface area contributed by atoms with E-state index in [4.69, 9.17) is 11.0 Å². The number of carbonyl (C=O) groups is 1. The molecule has 1 rings (SSSR count). The molecule has 0 bridgehead atoms. The van der Waals surface area contributed by atoms with Gasteiger partial charge in [-0.3, -0.25) is 4.79 Å². The fraction of sp³-hybridized carbons (Fsp3) is 0.273. The van der Waals surface area contributed by atoms with Gasteiger partial charge in [0.25, 0.3) is 0 Å².